The second-order valence-corrected chi connectivity index (χ2v) is 4.22. The number of hydrogen-bond acceptors (Lipinski definition) is 4. The summed E-state index contributed by atoms with van der Waals surface area (Å²) in [6, 6.07) is 9.24. The third-order valence-corrected chi connectivity index (χ3v) is 2.67. The van der Waals surface area contributed by atoms with Gasteiger partial charge in [-0.25, -0.2) is 18.4 Å². The van der Waals surface area contributed by atoms with E-state index in [1.54, 1.807) is 12.1 Å². The van der Waals surface area contributed by atoms with Crippen molar-refractivity contribution in [2.24, 2.45) is 0 Å². The molecule has 0 aliphatic rings. The number of nitriles is 2. The SMILES string of the molecule is N#Cc1cc(C(=O)O)ccc1F.N#Cc1cc(C(=O)O)ccc1F.[Cr+3].[Cr+3].[O-2].[O-2].[O-2]. The van der Waals surface area contributed by atoms with Crippen LogP contribution in [0, 0.1) is 34.3 Å². The average Bonchev–Trinajstić information content (AvgIpc) is 2.55. The number of hydrogen-bond donors (Lipinski definition) is 2. The van der Waals surface area contributed by atoms with Crippen molar-refractivity contribution in [2.45, 2.75) is 0 Å². The van der Waals surface area contributed by atoms with E-state index >= 15 is 0 Å². The van der Waals surface area contributed by atoms with Crippen LogP contribution in [0.1, 0.15) is 31.8 Å². The van der Waals surface area contributed by atoms with E-state index < -0.39 is 23.6 Å². The zero-order valence-electron chi connectivity index (χ0n) is 13.9. The van der Waals surface area contributed by atoms with Crippen LogP contribution in [0.4, 0.5) is 8.78 Å². The number of nitrogens with zero attached hydrogens (tertiary/aromatic N) is 2. The van der Waals surface area contributed by atoms with Crippen LogP contribution < -0.4 is 0 Å². The van der Waals surface area contributed by atoms with Crippen molar-refractivity contribution in [2.75, 3.05) is 0 Å². The number of aromatic carboxylic acids is 2. The first-order chi connectivity index (χ1) is 11.3. The molecule has 0 fully saturated rings. The second kappa shape index (κ2) is 17.3. The molecule has 0 saturated carbocycles. The molecule has 2 aromatic rings. The maximum atomic E-state index is 12.6. The molecule has 0 spiro atoms. The van der Waals surface area contributed by atoms with Gasteiger partial charge in [0.2, 0.25) is 0 Å². The van der Waals surface area contributed by atoms with Crippen LogP contribution in [-0.4, -0.2) is 22.2 Å². The Balaban J connectivity index is -0.000000113. The molecule has 9 nitrogen and oxygen atoms in total. The fourth-order valence-corrected chi connectivity index (χ4v) is 1.49. The maximum absolute atomic E-state index is 12.6. The normalized spacial score (nSPS) is 7.45. The Morgan fingerprint density at radius 3 is 1.21 bits per heavy atom. The van der Waals surface area contributed by atoms with Gasteiger partial charge in [-0.2, -0.15) is 10.5 Å². The van der Waals surface area contributed by atoms with Gasteiger partial charge in [-0.3, -0.25) is 0 Å². The Bertz CT molecular complexity index is 826. The molecule has 0 heterocycles. The van der Waals surface area contributed by atoms with Crippen molar-refractivity contribution in [1.29, 1.82) is 10.5 Å². The molecule has 2 N–H and O–H groups in total. The van der Waals surface area contributed by atoms with E-state index in [4.69, 9.17) is 20.7 Å². The molecule has 0 aliphatic heterocycles. The van der Waals surface area contributed by atoms with Gasteiger partial charge in [0, 0.05) is 0 Å². The Labute approximate surface area is 184 Å². The first-order valence-electron chi connectivity index (χ1n) is 6.16. The number of carboxylic acid groups (broad SMARTS) is 2. The van der Waals surface area contributed by atoms with Crippen LogP contribution in [0.25, 0.3) is 0 Å². The fraction of sp³-hybridized carbons (Fsp3) is 0. The molecule has 29 heavy (non-hydrogen) atoms. The Hall–Kier alpha value is -2.84. The van der Waals surface area contributed by atoms with E-state index in [1.165, 1.54) is 0 Å². The van der Waals surface area contributed by atoms with Crippen LogP contribution in [0.2, 0.25) is 0 Å². The Morgan fingerprint density at radius 2 is 1.00 bits per heavy atom. The average molecular weight is 482 g/mol. The summed E-state index contributed by atoms with van der Waals surface area (Å²) < 4.78 is 25.2. The van der Waals surface area contributed by atoms with Crippen LogP contribution in [0.15, 0.2) is 36.4 Å². The van der Waals surface area contributed by atoms with Crippen LogP contribution in [-0.2, 0) is 51.2 Å². The molecule has 0 saturated heterocycles. The second-order valence-electron chi connectivity index (χ2n) is 4.22. The van der Waals surface area contributed by atoms with E-state index in [2.05, 4.69) is 0 Å². The topological polar surface area (TPSA) is 208 Å². The number of carboxylic acids is 2. The van der Waals surface area contributed by atoms with E-state index in [0.29, 0.717) is 0 Å². The summed E-state index contributed by atoms with van der Waals surface area (Å²) in [5.74, 6) is -3.76. The molecule has 0 aromatic heterocycles. The van der Waals surface area contributed by atoms with E-state index in [0.717, 1.165) is 36.4 Å². The van der Waals surface area contributed by atoms with Crippen molar-refractivity contribution in [3.63, 3.8) is 0 Å². The van der Waals surface area contributed by atoms with Gasteiger partial charge in [0.15, 0.2) is 0 Å². The van der Waals surface area contributed by atoms with Crippen LogP contribution >= 0.6 is 0 Å². The number of carbonyl (C=O) groups is 2. The monoisotopic (exact) mass is 482 g/mol. The third-order valence-electron chi connectivity index (χ3n) is 2.67. The quantitative estimate of drug-likeness (QED) is 0.656. The zero-order valence-corrected chi connectivity index (χ0v) is 16.4. The first kappa shape index (κ1) is 37.0. The molecular formula is C16H8Cr2F2N2O7. The van der Waals surface area contributed by atoms with Gasteiger partial charge in [0.25, 0.3) is 0 Å². The molecule has 0 bridgehead atoms. The molecular weight excluding hydrogens is 474 g/mol. The Kier molecular flexibility index (Phi) is 22.0. The van der Waals surface area contributed by atoms with Crippen LogP contribution in [0.3, 0.4) is 0 Å². The largest absolute Gasteiger partial charge is 3.00 e. The summed E-state index contributed by atoms with van der Waals surface area (Å²) >= 11 is 0. The van der Waals surface area contributed by atoms with E-state index in [-0.39, 0.29) is 73.4 Å². The third kappa shape index (κ3) is 10.9. The predicted molar refractivity (Wildman–Crippen MR) is 78.2 cm³/mol. The summed E-state index contributed by atoms with van der Waals surface area (Å²) in [7, 11) is 0. The van der Waals surface area contributed by atoms with E-state index in [9.17, 15) is 18.4 Å². The molecule has 0 aliphatic carbocycles. The van der Waals surface area contributed by atoms with Gasteiger partial charge in [0.05, 0.1) is 22.3 Å². The molecule has 150 valence electrons. The smallest absolute Gasteiger partial charge is 2.00 e. The summed E-state index contributed by atoms with van der Waals surface area (Å²) in [6.45, 7) is 0. The van der Waals surface area contributed by atoms with Gasteiger partial charge in [-0.1, -0.05) is 0 Å². The van der Waals surface area contributed by atoms with Crippen molar-refractivity contribution in [3.8, 4) is 12.1 Å². The van der Waals surface area contributed by atoms with Crippen molar-refractivity contribution in [1.82, 2.24) is 0 Å². The maximum Gasteiger partial charge on any atom is 3.00 e. The summed E-state index contributed by atoms with van der Waals surface area (Å²) in [4.78, 5) is 20.7. The molecule has 0 atom stereocenters. The van der Waals surface area contributed by atoms with Crippen LogP contribution in [0.5, 0.6) is 0 Å². The minimum Gasteiger partial charge on any atom is -2.00 e. The number of halogens is 2. The molecule has 0 unspecified atom stereocenters. The minimum absolute atomic E-state index is 0. The van der Waals surface area contributed by atoms with Gasteiger partial charge in [-0.05, 0) is 36.4 Å². The van der Waals surface area contributed by atoms with E-state index in [1.807, 2.05) is 0 Å². The van der Waals surface area contributed by atoms with Gasteiger partial charge in [0.1, 0.15) is 23.8 Å². The summed E-state index contributed by atoms with van der Waals surface area (Å²) in [6.07, 6.45) is 0. The Morgan fingerprint density at radius 1 is 0.724 bits per heavy atom. The van der Waals surface area contributed by atoms with Gasteiger partial charge >= 0.3 is 46.7 Å². The van der Waals surface area contributed by atoms with Crippen molar-refractivity contribution >= 4 is 11.9 Å². The number of benzene rings is 2. The van der Waals surface area contributed by atoms with Gasteiger partial charge < -0.3 is 26.6 Å². The molecule has 2 aromatic carbocycles. The molecule has 13 heteroatoms. The fourth-order valence-electron chi connectivity index (χ4n) is 1.49. The first-order valence-corrected chi connectivity index (χ1v) is 6.16. The number of rotatable bonds is 2. The molecule has 0 amide bonds. The van der Waals surface area contributed by atoms with Gasteiger partial charge in [-0.15, -0.1) is 0 Å². The van der Waals surface area contributed by atoms with Crippen molar-refractivity contribution < 1.29 is 79.7 Å². The molecule has 2 rings (SSSR count). The summed E-state index contributed by atoms with van der Waals surface area (Å²) in [5, 5.41) is 33.6. The van der Waals surface area contributed by atoms with Crippen molar-refractivity contribution in [3.05, 3.63) is 70.3 Å². The summed E-state index contributed by atoms with van der Waals surface area (Å²) in [5.41, 5.74) is -0.689. The standard InChI is InChI=1S/2C8H4FNO2.2Cr.3O/c2*9-7-2-1-5(8(11)12)3-6(7)4-10;;;;;/h2*1-3H,(H,11,12);;;;;/q;;2*+3;3*-2. The zero-order chi connectivity index (χ0) is 18.3. The molecule has 2 radical (unpaired) electrons. The minimum atomic E-state index is -1.17. The predicted octanol–water partition coefficient (Wildman–Crippen LogP) is 2.43.